The molecule has 0 radical (unpaired) electrons. The van der Waals surface area contributed by atoms with Gasteiger partial charge in [0.1, 0.15) is 11.5 Å². The number of pyridine rings is 1. The minimum atomic E-state index is 0.00314. The summed E-state index contributed by atoms with van der Waals surface area (Å²) in [5.41, 5.74) is 7.01. The molecule has 3 heterocycles. The van der Waals surface area contributed by atoms with Gasteiger partial charge < -0.3 is 15.5 Å². The summed E-state index contributed by atoms with van der Waals surface area (Å²) in [4.78, 5) is 9.66. The molecule has 3 N–H and O–H groups in total. The van der Waals surface area contributed by atoms with Gasteiger partial charge in [0.05, 0.1) is 11.4 Å². The lowest BCUT2D eigenvalue weighted by atomic mass is 10.1. The third-order valence-electron chi connectivity index (χ3n) is 3.04. The molecule has 0 aliphatic rings. The zero-order valence-electron chi connectivity index (χ0n) is 11.0. The van der Waals surface area contributed by atoms with Crippen molar-refractivity contribution in [3.05, 3.63) is 59.5 Å². The molecule has 3 aromatic heterocycles. The summed E-state index contributed by atoms with van der Waals surface area (Å²) >= 11 is 1.63. The van der Waals surface area contributed by atoms with Gasteiger partial charge in [-0.1, -0.05) is 17.3 Å². The lowest BCUT2D eigenvalue weighted by Crippen LogP contribution is -2.18. The highest BCUT2D eigenvalue weighted by molar-refractivity contribution is 7.13. The highest BCUT2D eigenvalue weighted by Gasteiger charge is 2.12. The third-order valence-corrected chi connectivity index (χ3v) is 3.91. The van der Waals surface area contributed by atoms with E-state index in [1.165, 1.54) is 0 Å². The Kier molecular flexibility index (Phi) is 3.65. The predicted octanol–water partition coefficient (Wildman–Crippen LogP) is 2.15. The number of nitrogens with zero attached hydrogens (tertiary/aromatic N) is 4. The maximum absolute atomic E-state index is 8.85. The number of hydrogen-bond acceptors (Lipinski definition) is 5. The van der Waals surface area contributed by atoms with Crippen LogP contribution in [-0.4, -0.2) is 25.6 Å². The van der Waals surface area contributed by atoms with Crippen LogP contribution in [0.2, 0.25) is 0 Å². The van der Waals surface area contributed by atoms with E-state index < -0.39 is 0 Å². The zero-order chi connectivity index (χ0) is 14.7. The topological polar surface area (TPSA) is 89.3 Å². The van der Waals surface area contributed by atoms with Crippen molar-refractivity contribution in [3.8, 4) is 10.7 Å². The van der Waals surface area contributed by atoms with E-state index in [-0.39, 0.29) is 5.84 Å². The Morgan fingerprint density at radius 1 is 1.29 bits per heavy atom. The van der Waals surface area contributed by atoms with Gasteiger partial charge in [-0.25, -0.2) is 4.98 Å². The van der Waals surface area contributed by atoms with Crippen molar-refractivity contribution < 1.29 is 5.21 Å². The third kappa shape index (κ3) is 2.63. The van der Waals surface area contributed by atoms with Crippen LogP contribution in [0.4, 0.5) is 0 Å². The standard InChI is InChI=1S/C14H13N5OS/c15-13(18-20)12-10(3-1-5-16-12)9-19-7-6-17-14(19)11-4-2-8-21-11/h1-8,20H,9H2,(H2,15,18). The van der Waals surface area contributed by atoms with E-state index in [1.807, 2.05) is 40.4 Å². The summed E-state index contributed by atoms with van der Waals surface area (Å²) < 4.78 is 2.01. The van der Waals surface area contributed by atoms with Crippen molar-refractivity contribution in [2.45, 2.75) is 6.54 Å². The van der Waals surface area contributed by atoms with Gasteiger partial charge in [0, 0.05) is 24.2 Å². The first-order valence-electron chi connectivity index (χ1n) is 6.26. The number of nitrogens with two attached hydrogens (primary N) is 1. The molecule has 6 nitrogen and oxygen atoms in total. The maximum atomic E-state index is 8.85. The fourth-order valence-electron chi connectivity index (χ4n) is 2.10. The summed E-state index contributed by atoms with van der Waals surface area (Å²) in [6.07, 6.45) is 5.28. The second-order valence-electron chi connectivity index (χ2n) is 4.35. The molecule has 0 saturated carbocycles. The van der Waals surface area contributed by atoms with Crippen molar-refractivity contribution in [2.75, 3.05) is 0 Å². The molecule has 7 heteroatoms. The van der Waals surface area contributed by atoms with E-state index >= 15 is 0 Å². The molecule has 0 amide bonds. The fourth-order valence-corrected chi connectivity index (χ4v) is 2.83. The van der Waals surface area contributed by atoms with Crippen molar-refractivity contribution in [1.29, 1.82) is 0 Å². The highest BCUT2D eigenvalue weighted by Crippen LogP contribution is 2.23. The Morgan fingerprint density at radius 2 is 2.19 bits per heavy atom. The van der Waals surface area contributed by atoms with E-state index in [1.54, 1.807) is 23.7 Å². The zero-order valence-corrected chi connectivity index (χ0v) is 11.9. The SMILES string of the molecule is NC(=NO)c1ncccc1Cn1ccnc1-c1cccs1. The van der Waals surface area contributed by atoms with Crippen molar-refractivity contribution in [2.24, 2.45) is 10.9 Å². The minimum absolute atomic E-state index is 0.00314. The molecule has 0 aliphatic carbocycles. The lowest BCUT2D eigenvalue weighted by Gasteiger charge is -2.10. The second-order valence-corrected chi connectivity index (χ2v) is 5.30. The highest BCUT2D eigenvalue weighted by atomic mass is 32.1. The molecule has 0 spiro atoms. The molecule has 21 heavy (non-hydrogen) atoms. The molecule has 0 aliphatic heterocycles. The van der Waals surface area contributed by atoms with Crippen LogP contribution in [0.15, 0.2) is 53.4 Å². The molecule has 0 fully saturated rings. The van der Waals surface area contributed by atoms with Crippen molar-refractivity contribution >= 4 is 17.2 Å². The molecule has 0 atom stereocenters. The van der Waals surface area contributed by atoms with Gasteiger partial charge >= 0.3 is 0 Å². The van der Waals surface area contributed by atoms with Crippen LogP contribution in [0.3, 0.4) is 0 Å². The first kappa shape index (κ1) is 13.3. The molecule has 3 rings (SSSR count). The van der Waals surface area contributed by atoms with E-state index in [0.717, 1.165) is 16.3 Å². The molecule has 3 aromatic rings. The number of imidazole rings is 1. The first-order chi connectivity index (χ1) is 10.3. The molecule has 0 unspecified atom stereocenters. The normalized spacial score (nSPS) is 11.7. The average molecular weight is 299 g/mol. The molecule has 0 saturated heterocycles. The van der Waals surface area contributed by atoms with E-state index in [2.05, 4.69) is 15.1 Å². The summed E-state index contributed by atoms with van der Waals surface area (Å²) in [7, 11) is 0. The maximum Gasteiger partial charge on any atom is 0.189 e. The first-order valence-corrected chi connectivity index (χ1v) is 7.14. The van der Waals surface area contributed by atoms with Gasteiger partial charge in [-0.05, 0) is 17.5 Å². The predicted molar refractivity (Wildman–Crippen MR) is 81.4 cm³/mol. The van der Waals surface area contributed by atoms with Crippen LogP contribution < -0.4 is 5.73 Å². The number of aromatic nitrogens is 3. The second kappa shape index (κ2) is 5.76. The summed E-state index contributed by atoms with van der Waals surface area (Å²) in [6.45, 7) is 0.548. The Hall–Kier alpha value is -2.67. The van der Waals surface area contributed by atoms with Crippen LogP contribution >= 0.6 is 11.3 Å². The minimum Gasteiger partial charge on any atom is -0.409 e. The summed E-state index contributed by atoms with van der Waals surface area (Å²) in [5.74, 6) is 0.891. The number of hydrogen-bond donors (Lipinski definition) is 2. The Morgan fingerprint density at radius 3 is 2.95 bits per heavy atom. The summed E-state index contributed by atoms with van der Waals surface area (Å²) in [5, 5.41) is 13.9. The average Bonchev–Trinajstić information content (AvgIpc) is 3.17. The summed E-state index contributed by atoms with van der Waals surface area (Å²) in [6, 6.07) is 7.74. The van der Waals surface area contributed by atoms with E-state index in [0.29, 0.717) is 12.2 Å². The van der Waals surface area contributed by atoms with Gasteiger partial charge in [-0.3, -0.25) is 4.98 Å². The number of rotatable bonds is 4. The van der Waals surface area contributed by atoms with Crippen LogP contribution in [0.1, 0.15) is 11.3 Å². The van der Waals surface area contributed by atoms with Gasteiger partial charge in [0.15, 0.2) is 5.84 Å². The Labute approximate surface area is 125 Å². The van der Waals surface area contributed by atoms with Crippen LogP contribution in [-0.2, 0) is 6.54 Å². The smallest absolute Gasteiger partial charge is 0.189 e. The molecular weight excluding hydrogens is 286 g/mol. The lowest BCUT2D eigenvalue weighted by molar-refractivity contribution is 0.318. The molecular formula is C14H13N5OS. The van der Waals surface area contributed by atoms with Crippen molar-refractivity contribution in [3.63, 3.8) is 0 Å². The van der Waals surface area contributed by atoms with E-state index in [4.69, 9.17) is 10.9 Å². The van der Waals surface area contributed by atoms with Gasteiger partial charge in [-0.2, -0.15) is 0 Å². The van der Waals surface area contributed by atoms with Crippen LogP contribution in [0, 0.1) is 0 Å². The van der Waals surface area contributed by atoms with Crippen molar-refractivity contribution in [1.82, 2.24) is 14.5 Å². The monoisotopic (exact) mass is 299 g/mol. The number of amidine groups is 1. The van der Waals surface area contributed by atoms with Gasteiger partial charge in [0.2, 0.25) is 0 Å². The Bertz CT molecular complexity index is 763. The van der Waals surface area contributed by atoms with Gasteiger partial charge in [0.25, 0.3) is 0 Å². The van der Waals surface area contributed by atoms with Crippen LogP contribution in [0.5, 0.6) is 0 Å². The van der Waals surface area contributed by atoms with Crippen LogP contribution in [0.25, 0.3) is 10.7 Å². The number of oxime groups is 1. The Balaban J connectivity index is 1.98. The molecule has 0 aromatic carbocycles. The molecule has 0 bridgehead atoms. The van der Waals surface area contributed by atoms with E-state index in [9.17, 15) is 0 Å². The number of thiophene rings is 1. The largest absolute Gasteiger partial charge is 0.409 e. The quantitative estimate of drug-likeness (QED) is 0.334. The fraction of sp³-hybridized carbons (Fsp3) is 0.0714. The molecule has 106 valence electrons. The van der Waals surface area contributed by atoms with Gasteiger partial charge in [-0.15, -0.1) is 11.3 Å².